The summed E-state index contributed by atoms with van der Waals surface area (Å²) in [5, 5.41) is 8.08. The van der Waals surface area contributed by atoms with Gasteiger partial charge in [0, 0.05) is 18.6 Å². The van der Waals surface area contributed by atoms with Crippen molar-refractivity contribution in [3.63, 3.8) is 0 Å². The van der Waals surface area contributed by atoms with Crippen LogP contribution >= 0.6 is 0 Å². The van der Waals surface area contributed by atoms with E-state index in [0.717, 1.165) is 17.8 Å². The predicted octanol–water partition coefficient (Wildman–Crippen LogP) is 0.824. The first-order valence-corrected chi connectivity index (χ1v) is 7.80. The van der Waals surface area contributed by atoms with Gasteiger partial charge in [0.2, 0.25) is 0 Å². The zero-order valence-corrected chi connectivity index (χ0v) is 13.2. The van der Waals surface area contributed by atoms with Crippen LogP contribution in [0.3, 0.4) is 0 Å². The molecule has 0 aromatic carbocycles. The van der Waals surface area contributed by atoms with E-state index in [2.05, 4.69) is 21.0 Å². The third-order valence-electron chi connectivity index (χ3n) is 3.93. The second kappa shape index (κ2) is 6.18. The highest BCUT2D eigenvalue weighted by Crippen LogP contribution is 2.13. The topological polar surface area (TPSA) is 87.6 Å². The molecule has 3 aromatic heterocycles. The lowest BCUT2D eigenvalue weighted by atomic mass is 10.3. The molecule has 0 N–H and O–H groups in total. The molecule has 8 heteroatoms. The van der Waals surface area contributed by atoms with Gasteiger partial charge in [-0.1, -0.05) is 5.21 Å². The largest absolute Gasteiger partial charge is 0.321 e. The van der Waals surface area contributed by atoms with E-state index >= 15 is 0 Å². The maximum absolute atomic E-state index is 12.3. The maximum Gasteiger partial charge on any atom is 0.321 e. The number of hydrogen-bond acceptors (Lipinski definition) is 5. The molecule has 3 aromatic rings. The van der Waals surface area contributed by atoms with Gasteiger partial charge in [-0.05, 0) is 31.1 Å². The molecule has 0 radical (unpaired) electrons. The zero-order valence-electron chi connectivity index (χ0n) is 13.2. The fourth-order valence-electron chi connectivity index (χ4n) is 2.67. The lowest BCUT2D eigenvalue weighted by Gasteiger charge is -2.07. The minimum atomic E-state index is -0.598. The van der Waals surface area contributed by atoms with Crippen molar-refractivity contribution in [3.8, 4) is 5.69 Å². The summed E-state index contributed by atoms with van der Waals surface area (Å²) in [7, 11) is 0. The molecule has 0 atom stereocenters. The maximum atomic E-state index is 12.3. The predicted molar refractivity (Wildman–Crippen MR) is 90.2 cm³/mol. The Hall–Kier alpha value is -3.51. The zero-order chi connectivity index (χ0) is 17.2. The van der Waals surface area contributed by atoms with Crippen LogP contribution in [0.2, 0.25) is 0 Å². The molecule has 0 aliphatic heterocycles. The first-order valence-electron chi connectivity index (χ1n) is 7.80. The summed E-state index contributed by atoms with van der Waals surface area (Å²) >= 11 is 0. The van der Waals surface area contributed by atoms with Gasteiger partial charge in [0.05, 0.1) is 30.3 Å². The van der Waals surface area contributed by atoms with Gasteiger partial charge in [-0.25, -0.2) is 4.68 Å². The van der Waals surface area contributed by atoms with Crippen molar-refractivity contribution in [1.29, 1.82) is 0 Å². The van der Waals surface area contributed by atoms with Gasteiger partial charge >= 0.3 is 11.1 Å². The van der Waals surface area contributed by atoms with Crippen molar-refractivity contribution >= 4 is 5.70 Å². The monoisotopic (exact) mass is 334 g/mol. The van der Waals surface area contributed by atoms with Crippen LogP contribution in [0.4, 0.5) is 0 Å². The molecule has 0 fully saturated rings. The van der Waals surface area contributed by atoms with Crippen molar-refractivity contribution in [2.75, 3.05) is 0 Å². The molecule has 8 nitrogen and oxygen atoms in total. The van der Waals surface area contributed by atoms with Gasteiger partial charge in [-0.3, -0.25) is 19.1 Å². The van der Waals surface area contributed by atoms with Crippen LogP contribution in [0.15, 0.2) is 64.5 Å². The average Bonchev–Trinajstić information content (AvgIpc) is 3.32. The minimum absolute atomic E-state index is 0.171. The average molecular weight is 334 g/mol. The molecule has 1 aliphatic rings. The van der Waals surface area contributed by atoms with Crippen LogP contribution in [0.1, 0.15) is 18.5 Å². The van der Waals surface area contributed by atoms with E-state index in [1.54, 1.807) is 41.7 Å². The fourth-order valence-corrected chi connectivity index (χ4v) is 2.67. The molecule has 25 heavy (non-hydrogen) atoms. The summed E-state index contributed by atoms with van der Waals surface area (Å²) in [5.41, 5.74) is 3.88. The molecule has 0 saturated heterocycles. The normalized spacial score (nSPS) is 13.2. The summed E-state index contributed by atoms with van der Waals surface area (Å²) < 4.78 is 4.26. The van der Waals surface area contributed by atoms with Gasteiger partial charge in [-0.2, -0.15) is 0 Å². The number of aromatic nitrogens is 6. The Balaban J connectivity index is 1.63. The number of hydrogen-bond donors (Lipinski definition) is 0. The Morgan fingerprint density at radius 1 is 1.20 bits per heavy atom. The van der Waals surface area contributed by atoms with E-state index < -0.39 is 11.1 Å². The van der Waals surface area contributed by atoms with Crippen LogP contribution in [-0.2, 0) is 6.54 Å². The van der Waals surface area contributed by atoms with Gasteiger partial charge in [0.25, 0.3) is 0 Å². The van der Waals surface area contributed by atoms with Crippen LogP contribution in [0.5, 0.6) is 0 Å². The van der Waals surface area contributed by atoms with E-state index in [4.69, 9.17) is 0 Å². The molecule has 3 heterocycles. The van der Waals surface area contributed by atoms with Crippen LogP contribution in [0, 0.1) is 0 Å². The van der Waals surface area contributed by atoms with Crippen molar-refractivity contribution in [2.24, 2.45) is 0 Å². The number of pyridine rings is 1. The first-order chi connectivity index (χ1) is 12.2. The summed E-state index contributed by atoms with van der Waals surface area (Å²) in [4.78, 5) is 28.7. The Morgan fingerprint density at radius 3 is 2.88 bits per heavy atom. The molecule has 0 unspecified atom stereocenters. The van der Waals surface area contributed by atoms with Gasteiger partial charge in [-0.15, -0.1) is 10.8 Å². The SMILES string of the molecule is O=c1c(=O)n(C2=C=CCC2)ccn1Cc1cn(-c2cccnc2)nn1. The summed E-state index contributed by atoms with van der Waals surface area (Å²) in [6, 6.07) is 3.65. The molecule has 0 amide bonds. The van der Waals surface area contributed by atoms with Gasteiger partial charge in [0.15, 0.2) is 0 Å². The Bertz CT molecular complexity index is 1100. The summed E-state index contributed by atoms with van der Waals surface area (Å²) in [6.07, 6.45) is 11.6. The third-order valence-corrected chi connectivity index (χ3v) is 3.93. The van der Waals surface area contributed by atoms with E-state index in [-0.39, 0.29) is 6.54 Å². The Labute approximate surface area is 142 Å². The number of rotatable bonds is 4. The summed E-state index contributed by atoms with van der Waals surface area (Å²) in [6.45, 7) is 0.171. The second-order valence-electron chi connectivity index (χ2n) is 5.61. The first kappa shape index (κ1) is 15.0. The Morgan fingerprint density at radius 2 is 2.12 bits per heavy atom. The molecule has 0 saturated carbocycles. The lowest BCUT2D eigenvalue weighted by molar-refractivity contribution is 0.699. The van der Waals surface area contributed by atoms with E-state index in [9.17, 15) is 9.59 Å². The fraction of sp³-hybridized carbons (Fsp3) is 0.176. The lowest BCUT2D eigenvalue weighted by Crippen LogP contribution is -2.40. The highest BCUT2D eigenvalue weighted by Gasteiger charge is 2.11. The molecular weight excluding hydrogens is 320 g/mol. The molecule has 0 spiro atoms. The van der Waals surface area contributed by atoms with E-state index in [0.29, 0.717) is 12.1 Å². The van der Waals surface area contributed by atoms with Gasteiger partial charge in [0.1, 0.15) is 5.69 Å². The van der Waals surface area contributed by atoms with Crippen molar-refractivity contribution in [2.45, 2.75) is 19.4 Å². The molecule has 1 aliphatic carbocycles. The highest BCUT2D eigenvalue weighted by atomic mass is 16.2. The number of nitrogens with zero attached hydrogens (tertiary/aromatic N) is 6. The quantitative estimate of drug-likeness (QED) is 0.521. The minimum Gasteiger partial charge on any atom is -0.303 e. The van der Waals surface area contributed by atoms with Crippen LogP contribution in [0.25, 0.3) is 11.4 Å². The smallest absolute Gasteiger partial charge is 0.303 e. The molecule has 124 valence electrons. The standard InChI is InChI=1S/C17H14N6O2/c24-16-17(25)22(14-4-1-2-5-14)9-8-21(16)11-13-12-23(20-19-13)15-6-3-7-18-10-15/h1,3,6-10,12H,2,5,11H2. The molecule has 4 rings (SSSR count). The van der Waals surface area contributed by atoms with Crippen molar-refractivity contribution in [3.05, 3.63) is 81.3 Å². The highest BCUT2D eigenvalue weighted by molar-refractivity contribution is 5.47. The third kappa shape index (κ3) is 2.86. The summed E-state index contributed by atoms with van der Waals surface area (Å²) in [5.74, 6) is 0. The molecular formula is C17H14N6O2. The number of allylic oxidation sites excluding steroid dienone is 1. The van der Waals surface area contributed by atoms with Crippen molar-refractivity contribution in [1.82, 2.24) is 29.1 Å². The second-order valence-corrected chi connectivity index (χ2v) is 5.61. The van der Waals surface area contributed by atoms with Crippen molar-refractivity contribution < 1.29 is 0 Å². The van der Waals surface area contributed by atoms with E-state index in [1.165, 1.54) is 9.13 Å². The van der Waals surface area contributed by atoms with Crippen LogP contribution < -0.4 is 11.1 Å². The molecule has 0 bridgehead atoms. The van der Waals surface area contributed by atoms with Gasteiger partial charge < -0.3 is 4.57 Å². The Kier molecular flexibility index (Phi) is 3.72. The van der Waals surface area contributed by atoms with E-state index in [1.807, 2.05) is 12.1 Å². The van der Waals surface area contributed by atoms with Crippen LogP contribution in [-0.4, -0.2) is 29.1 Å².